The van der Waals surface area contributed by atoms with Crippen LogP contribution in [0.2, 0.25) is 5.15 Å². The molecule has 4 heteroatoms. The third kappa shape index (κ3) is 2.60. The molecule has 0 aliphatic carbocycles. The predicted molar refractivity (Wildman–Crippen MR) is 86.0 cm³/mol. The molecule has 0 fully saturated rings. The summed E-state index contributed by atoms with van der Waals surface area (Å²) in [6.45, 7) is 3.83. The summed E-state index contributed by atoms with van der Waals surface area (Å²) in [6.07, 6.45) is 0. The van der Waals surface area contributed by atoms with Crippen LogP contribution in [-0.4, -0.2) is 17.1 Å². The molecule has 0 radical (unpaired) electrons. The van der Waals surface area contributed by atoms with Crippen molar-refractivity contribution in [1.29, 1.82) is 0 Å². The fraction of sp³-hybridized carbons (Fsp3) is 0.0588. The van der Waals surface area contributed by atoms with Crippen LogP contribution in [0.1, 0.15) is 5.56 Å². The van der Waals surface area contributed by atoms with Gasteiger partial charge in [-0.2, -0.15) is 0 Å². The maximum Gasteiger partial charge on any atom is 0.156 e. The molecule has 0 atom stereocenters. The molecule has 0 amide bonds. The summed E-state index contributed by atoms with van der Waals surface area (Å²) in [6, 6.07) is 15.4. The van der Waals surface area contributed by atoms with E-state index in [1.165, 1.54) is 0 Å². The van der Waals surface area contributed by atoms with Gasteiger partial charge in [-0.05, 0) is 18.2 Å². The minimum Gasteiger partial charge on any atom is -0.497 e. The molecular weight excluding hydrogens is 284 g/mol. The largest absolute Gasteiger partial charge is 0.497 e. The zero-order chi connectivity index (χ0) is 14.8. The molecule has 21 heavy (non-hydrogen) atoms. The van der Waals surface area contributed by atoms with Gasteiger partial charge in [-0.15, -0.1) is 0 Å². The smallest absolute Gasteiger partial charge is 0.156 e. The SMILES string of the molecule is C=C(OC)c1ccc2nc(-c3ccccc3)c(Cl)nc2c1. The number of benzene rings is 2. The molecule has 1 heterocycles. The Bertz CT molecular complexity index is 816. The molecule has 0 spiro atoms. The highest BCUT2D eigenvalue weighted by molar-refractivity contribution is 6.32. The van der Waals surface area contributed by atoms with E-state index >= 15 is 0 Å². The Kier molecular flexibility index (Phi) is 3.59. The third-order valence-corrected chi connectivity index (χ3v) is 3.50. The molecule has 0 saturated heterocycles. The first-order valence-electron chi connectivity index (χ1n) is 6.45. The Hall–Kier alpha value is -2.39. The lowest BCUT2D eigenvalue weighted by molar-refractivity contribution is 0.371. The van der Waals surface area contributed by atoms with Crippen molar-refractivity contribution < 1.29 is 4.74 Å². The normalized spacial score (nSPS) is 10.6. The van der Waals surface area contributed by atoms with Gasteiger partial charge in [-0.25, -0.2) is 9.97 Å². The second kappa shape index (κ2) is 5.54. The summed E-state index contributed by atoms with van der Waals surface area (Å²) in [5.41, 5.74) is 3.99. The molecule has 0 unspecified atom stereocenters. The van der Waals surface area contributed by atoms with E-state index < -0.39 is 0 Å². The minimum atomic E-state index is 0.383. The van der Waals surface area contributed by atoms with Crippen LogP contribution in [0, 0.1) is 0 Å². The van der Waals surface area contributed by atoms with Crippen LogP contribution in [-0.2, 0) is 4.74 Å². The Morgan fingerprint density at radius 1 is 1.05 bits per heavy atom. The van der Waals surface area contributed by atoms with Crippen LogP contribution in [0.5, 0.6) is 0 Å². The summed E-state index contributed by atoms with van der Waals surface area (Å²) in [5, 5.41) is 0.383. The van der Waals surface area contributed by atoms with E-state index in [0.29, 0.717) is 16.6 Å². The highest BCUT2D eigenvalue weighted by Crippen LogP contribution is 2.27. The van der Waals surface area contributed by atoms with Gasteiger partial charge in [0.1, 0.15) is 11.5 Å². The highest BCUT2D eigenvalue weighted by atomic mass is 35.5. The van der Waals surface area contributed by atoms with E-state index in [4.69, 9.17) is 16.3 Å². The quantitative estimate of drug-likeness (QED) is 0.664. The molecule has 0 bridgehead atoms. The van der Waals surface area contributed by atoms with Gasteiger partial charge in [0.05, 0.1) is 18.1 Å². The fourth-order valence-electron chi connectivity index (χ4n) is 2.10. The lowest BCUT2D eigenvalue weighted by Gasteiger charge is -2.08. The van der Waals surface area contributed by atoms with Gasteiger partial charge in [0.25, 0.3) is 0 Å². The Balaban J connectivity index is 2.15. The van der Waals surface area contributed by atoms with E-state index in [2.05, 4.69) is 16.5 Å². The van der Waals surface area contributed by atoms with Gasteiger partial charge in [0, 0.05) is 11.1 Å². The first kappa shape index (κ1) is 13.6. The van der Waals surface area contributed by atoms with Crippen molar-refractivity contribution in [1.82, 2.24) is 9.97 Å². The monoisotopic (exact) mass is 296 g/mol. The molecule has 104 valence electrons. The predicted octanol–water partition coefficient (Wildman–Crippen LogP) is 4.57. The number of methoxy groups -OCH3 is 1. The zero-order valence-electron chi connectivity index (χ0n) is 11.5. The summed E-state index contributed by atoms with van der Waals surface area (Å²) >= 11 is 6.28. The molecule has 3 aromatic rings. The molecule has 0 saturated carbocycles. The van der Waals surface area contributed by atoms with E-state index in [9.17, 15) is 0 Å². The van der Waals surface area contributed by atoms with Gasteiger partial charge >= 0.3 is 0 Å². The van der Waals surface area contributed by atoms with Crippen LogP contribution < -0.4 is 0 Å². The van der Waals surface area contributed by atoms with Gasteiger partial charge < -0.3 is 4.74 Å². The van der Waals surface area contributed by atoms with E-state index in [-0.39, 0.29) is 0 Å². The fourth-order valence-corrected chi connectivity index (χ4v) is 2.35. The van der Waals surface area contributed by atoms with Gasteiger partial charge in [-0.3, -0.25) is 0 Å². The van der Waals surface area contributed by atoms with Crippen molar-refractivity contribution in [3.8, 4) is 11.3 Å². The molecular formula is C17H13ClN2O. The first-order chi connectivity index (χ1) is 10.2. The number of aromatic nitrogens is 2. The second-order valence-electron chi connectivity index (χ2n) is 4.56. The average molecular weight is 297 g/mol. The number of hydrogen-bond donors (Lipinski definition) is 0. The zero-order valence-corrected chi connectivity index (χ0v) is 12.3. The van der Waals surface area contributed by atoms with Crippen molar-refractivity contribution >= 4 is 28.4 Å². The average Bonchev–Trinajstić information content (AvgIpc) is 2.53. The minimum absolute atomic E-state index is 0.383. The molecule has 0 aliphatic heterocycles. The summed E-state index contributed by atoms with van der Waals surface area (Å²) in [5.74, 6) is 0.585. The van der Waals surface area contributed by atoms with Crippen LogP contribution >= 0.6 is 11.6 Å². The molecule has 2 aromatic carbocycles. The molecule has 1 aromatic heterocycles. The topological polar surface area (TPSA) is 35.0 Å². The number of hydrogen-bond acceptors (Lipinski definition) is 3. The number of nitrogens with zero attached hydrogens (tertiary/aromatic N) is 2. The number of fused-ring (bicyclic) bond motifs is 1. The number of rotatable bonds is 3. The Labute approximate surface area is 127 Å². The summed E-state index contributed by atoms with van der Waals surface area (Å²) < 4.78 is 5.13. The number of halogens is 1. The van der Waals surface area contributed by atoms with E-state index in [0.717, 1.165) is 22.2 Å². The maximum absolute atomic E-state index is 6.28. The molecule has 3 rings (SSSR count). The molecule has 3 nitrogen and oxygen atoms in total. The van der Waals surface area contributed by atoms with Crippen molar-refractivity contribution in [2.45, 2.75) is 0 Å². The number of ether oxygens (including phenoxy) is 1. The molecule has 0 N–H and O–H groups in total. The van der Waals surface area contributed by atoms with Gasteiger partial charge in [0.2, 0.25) is 0 Å². The van der Waals surface area contributed by atoms with Crippen LogP contribution in [0.3, 0.4) is 0 Å². The Morgan fingerprint density at radius 2 is 1.81 bits per heavy atom. The summed E-state index contributed by atoms with van der Waals surface area (Å²) in [7, 11) is 1.59. The van der Waals surface area contributed by atoms with Crippen molar-refractivity contribution in [2.75, 3.05) is 7.11 Å². The lowest BCUT2D eigenvalue weighted by Crippen LogP contribution is -1.93. The highest BCUT2D eigenvalue weighted by Gasteiger charge is 2.10. The lowest BCUT2D eigenvalue weighted by atomic mass is 10.1. The van der Waals surface area contributed by atoms with E-state index in [1.54, 1.807) is 7.11 Å². The standard InChI is InChI=1S/C17H13ClN2O/c1-11(21-2)13-8-9-14-15(10-13)20-17(18)16(19-14)12-6-4-3-5-7-12/h3-10H,1H2,2H3. The van der Waals surface area contributed by atoms with Crippen molar-refractivity contribution in [3.63, 3.8) is 0 Å². The second-order valence-corrected chi connectivity index (χ2v) is 4.92. The Morgan fingerprint density at radius 3 is 2.52 bits per heavy atom. The van der Waals surface area contributed by atoms with Crippen molar-refractivity contribution in [2.24, 2.45) is 0 Å². The van der Waals surface area contributed by atoms with Crippen LogP contribution in [0.15, 0.2) is 55.1 Å². The van der Waals surface area contributed by atoms with Crippen LogP contribution in [0.25, 0.3) is 28.0 Å². The van der Waals surface area contributed by atoms with Crippen LogP contribution in [0.4, 0.5) is 0 Å². The third-order valence-electron chi connectivity index (χ3n) is 3.24. The first-order valence-corrected chi connectivity index (χ1v) is 6.83. The van der Waals surface area contributed by atoms with Gasteiger partial charge in [-0.1, -0.05) is 48.5 Å². The summed E-state index contributed by atoms with van der Waals surface area (Å²) in [4.78, 5) is 9.04. The van der Waals surface area contributed by atoms with Gasteiger partial charge in [0.15, 0.2) is 5.15 Å². The molecule has 0 aliphatic rings. The van der Waals surface area contributed by atoms with Crippen molar-refractivity contribution in [3.05, 3.63) is 65.8 Å². The van der Waals surface area contributed by atoms with E-state index in [1.807, 2.05) is 48.5 Å². The maximum atomic E-state index is 6.28.